The Balaban J connectivity index is 1.88. The number of hydrogen-bond donors (Lipinski definition) is 1. The number of carbonyl (C=O) groups excluding carboxylic acids is 1. The first-order valence-corrected chi connectivity index (χ1v) is 11.0. The molecule has 156 valence electrons. The Morgan fingerprint density at radius 3 is 2.70 bits per heavy atom. The van der Waals surface area contributed by atoms with E-state index >= 15 is 0 Å². The molecule has 1 saturated heterocycles. The van der Waals surface area contributed by atoms with Gasteiger partial charge in [-0.15, -0.1) is 0 Å². The maximum Gasteiger partial charge on any atom is 0.341 e. The van der Waals surface area contributed by atoms with E-state index in [1.807, 2.05) is 6.92 Å². The molecule has 10 heteroatoms. The molecule has 0 unspecified atom stereocenters. The molecule has 0 saturated carbocycles. The van der Waals surface area contributed by atoms with Gasteiger partial charge in [0.2, 0.25) is 0 Å². The van der Waals surface area contributed by atoms with Crippen molar-refractivity contribution >= 4 is 79.5 Å². The van der Waals surface area contributed by atoms with E-state index in [-0.39, 0.29) is 5.91 Å². The molecule has 1 aliphatic rings. The number of halogens is 2. The molecule has 2 aromatic rings. The van der Waals surface area contributed by atoms with Crippen LogP contribution in [0.15, 0.2) is 45.8 Å². The van der Waals surface area contributed by atoms with Gasteiger partial charge in [0.15, 0.2) is 22.4 Å². The SMILES string of the molecule is CCOc1cc(/C=C2/SC(=S)N(c3ccc(Br)c(Cl)c3)C2=O)ccc1OCC(=O)O. The number of aliphatic carboxylic acids is 1. The first kappa shape index (κ1) is 22.6. The van der Waals surface area contributed by atoms with Gasteiger partial charge in [0.1, 0.15) is 0 Å². The fourth-order valence-electron chi connectivity index (χ4n) is 2.61. The summed E-state index contributed by atoms with van der Waals surface area (Å²) >= 11 is 16.0. The highest BCUT2D eigenvalue weighted by Crippen LogP contribution is 2.38. The number of ether oxygens (including phenoxy) is 2. The zero-order valence-electron chi connectivity index (χ0n) is 15.6. The molecule has 1 aliphatic heterocycles. The average Bonchev–Trinajstić information content (AvgIpc) is 2.97. The maximum absolute atomic E-state index is 12.9. The molecule has 1 amide bonds. The van der Waals surface area contributed by atoms with Crippen LogP contribution in [0.3, 0.4) is 0 Å². The Kier molecular flexibility index (Phi) is 7.41. The minimum Gasteiger partial charge on any atom is -0.490 e. The van der Waals surface area contributed by atoms with Crippen molar-refractivity contribution in [2.24, 2.45) is 0 Å². The molecule has 3 rings (SSSR count). The topological polar surface area (TPSA) is 76.1 Å². The van der Waals surface area contributed by atoms with Gasteiger partial charge in [0.25, 0.3) is 5.91 Å². The summed E-state index contributed by atoms with van der Waals surface area (Å²) in [7, 11) is 0. The predicted molar refractivity (Wildman–Crippen MR) is 126 cm³/mol. The van der Waals surface area contributed by atoms with E-state index in [2.05, 4.69) is 15.9 Å². The lowest BCUT2D eigenvalue weighted by Gasteiger charge is -2.15. The van der Waals surface area contributed by atoms with E-state index in [4.69, 9.17) is 38.4 Å². The summed E-state index contributed by atoms with van der Waals surface area (Å²) in [6.45, 7) is 1.70. The monoisotopic (exact) mass is 527 g/mol. The molecule has 1 heterocycles. The number of rotatable bonds is 7. The molecule has 0 atom stereocenters. The number of amides is 1. The van der Waals surface area contributed by atoms with Crippen molar-refractivity contribution in [1.82, 2.24) is 0 Å². The van der Waals surface area contributed by atoms with Crippen molar-refractivity contribution in [3.05, 3.63) is 56.4 Å². The third-order valence-electron chi connectivity index (χ3n) is 3.87. The summed E-state index contributed by atoms with van der Waals surface area (Å²) in [4.78, 5) is 25.6. The van der Waals surface area contributed by atoms with Gasteiger partial charge < -0.3 is 14.6 Å². The number of thiocarbonyl (C=S) groups is 1. The van der Waals surface area contributed by atoms with E-state index in [0.717, 1.165) is 4.47 Å². The van der Waals surface area contributed by atoms with Crippen LogP contribution in [0.2, 0.25) is 5.02 Å². The smallest absolute Gasteiger partial charge is 0.341 e. The lowest BCUT2D eigenvalue weighted by Crippen LogP contribution is -2.27. The molecule has 0 radical (unpaired) electrons. The molecule has 0 aromatic heterocycles. The zero-order valence-corrected chi connectivity index (χ0v) is 19.5. The number of carboxylic acids is 1. The fourth-order valence-corrected chi connectivity index (χ4v) is 4.33. The first-order chi connectivity index (χ1) is 14.3. The van der Waals surface area contributed by atoms with Crippen LogP contribution >= 0.6 is 51.5 Å². The van der Waals surface area contributed by atoms with E-state index in [1.54, 1.807) is 42.5 Å². The quantitative estimate of drug-likeness (QED) is 0.382. The summed E-state index contributed by atoms with van der Waals surface area (Å²) in [5.74, 6) is -0.637. The first-order valence-electron chi connectivity index (χ1n) is 8.64. The molecule has 6 nitrogen and oxygen atoms in total. The highest BCUT2D eigenvalue weighted by molar-refractivity contribution is 9.10. The number of anilines is 1. The van der Waals surface area contributed by atoms with Crippen LogP contribution in [0.4, 0.5) is 5.69 Å². The van der Waals surface area contributed by atoms with Crippen LogP contribution in [-0.4, -0.2) is 34.5 Å². The van der Waals surface area contributed by atoms with Crippen molar-refractivity contribution in [3.63, 3.8) is 0 Å². The van der Waals surface area contributed by atoms with Gasteiger partial charge >= 0.3 is 5.97 Å². The summed E-state index contributed by atoms with van der Waals surface area (Å²) in [6.07, 6.45) is 1.70. The summed E-state index contributed by atoms with van der Waals surface area (Å²) in [5.41, 5.74) is 1.27. The van der Waals surface area contributed by atoms with Gasteiger partial charge in [-0.3, -0.25) is 9.69 Å². The zero-order chi connectivity index (χ0) is 21.8. The fraction of sp³-hybridized carbons (Fsp3) is 0.150. The highest BCUT2D eigenvalue weighted by Gasteiger charge is 2.33. The van der Waals surface area contributed by atoms with Crippen LogP contribution in [0.1, 0.15) is 12.5 Å². The molecule has 1 N–H and O–H groups in total. The van der Waals surface area contributed by atoms with Crippen LogP contribution in [0.5, 0.6) is 11.5 Å². The Labute approximate surface area is 195 Å². The third kappa shape index (κ3) is 5.15. The van der Waals surface area contributed by atoms with Crippen LogP contribution in [0, 0.1) is 0 Å². The predicted octanol–water partition coefficient (Wildman–Crippen LogP) is 5.37. The van der Waals surface area contributed by atoms with Crippen LogP contribution < -0.4 is 14.4 Å². The second-order valence-corrected chi connectivity index (χ2v) is 8.87. The van der Waals surface area contributed by atoms with E-state index in [1.165, 1.54) is 16.7 Å². The van der Waals surface area contributed by atoms with Gasteiger partial charge in [-0.1, -0.05) is 41.6 Å². The molecular weight excluding hydrogens is 514 g/mol. The maximum atomic E-state index is 12.9. The Morgan fingerprint density at radius 2 is 2.03 bits per heavy atom. The standard InChI is InChI=1S/C20H15BrClNO5S2/c1-2-27-16-7-11(3-6-15(16)28-10-18(24)25)8-17-19(26)23(20(29)30-17)12-4-5-13(21)14(22)9-12/h3-9H,2,10H2,1H3,(H,24,25)/b17-8+. The summed E-state index contributed by atoms with van der Waals surface area (Å²) < 4.78 is 11.9. The van der Waals surface area contributed by atoms with Gasteiger partial charge in [0, 0.05) is 4.47 Å². The van der Waals surface area contributed by atoms with Crippen molar-refractivity contribution in [3.8, 4) is 11.5 Å². The lowest BCUT2D eigenvalue weighted by atomic mass is 10.1. The largest absolute Gasteiger partial charge is 0.490 e. The summed E-state index contributed by atoms with van der Waals surface area (Å²) in [5, 5.41) is 9.28. The van der Waals surface area contributed by atoms with Crippen molar-refractivity contribution in [1.29, 1.82) is 0 Å². The molecule has 0 bridgehead atoms. The van der Waals surface area contributed by atoms with Gasteiger partial charge in [-0.05, 0) is 64.8 Å². The van der Waals surface area contributed by atoms with Crippen LogP contribution in [0.25, 0.3) is 6.08 Å². The third-order valence-corrected chi connectivity index (χ3v) is 6.41. The van der Waals surface area contributed by atoms with Crippen molar-refractivity contribution in [2.75, 3.05) is 18.1 Å². The Morgan fingerprint density at radius 1 is 1.27 bits per heavy atom. The molecule has 2 aromatic carbocycles. The molecule has 0 aliphatic carbocycles. The second kappa shape index (κ2) is 9.82. The lowest BCUT2D eigenvalue weighted by molar-refractivity contribution is -0.139. The second-order valence-electron chi connectivity index (χ2n) is 5.94. The number of carbonyl (C=O) groups is 2. The van der Waals surface area contributed by atoms with Gasteiger partial charge in [-0.2, -0.15) is 0 Å². The molecule has 30 heavy (non-hydrogen) atoms. The minimum atomic E-state index is -1.08. The summed E-state index contributed by atoms with van der Waals surface area (Å²) in [6, 6.07) is 10.2. The van der Waals surface area contributed by atoms with Crippen molar-refractivity contribution in [2.45, 2.75) is 6.92 Å². The number of benzene rings is 2. The number of thioether (sulfide) groups is 1. The Hall–Kier alpha value is -2.07. The highest BCUT2D eigenvalue weighted by atomic mass is 79.9. The van der Waals surface area contributed by atoms with Crippen LogP contribution in [-0.2, 0) is 9.59 Å². The van der Waals surface area contributed by atoms with E-state index in [0.29, 0.717) is 43.6 Å². The average molecular weight is 529 g/mol. The number of carboxylic acid groups (broad SMARTS) is 1. The van der Waals surface area contributed by atoms with E-state index < -0.39 is 12.6 Å². The van der Waals surface area contributed by atoms with E-state index in [9.17, 15) is 9.59 Å². The molecular formula is C20H15BrClNO5S2. The normalized spacial score (nSPS) is 15.0. The van der Waals surface area contributed by atoms with Gasteiger partial charge in [0.05, 0.1) is 22.2 Å². The number of nitrogens with zero attached hydrogens (tertiary/aromatic N) is 1. The number of hydrogen-bond acceptors (Lipinski definition) is 6. The minimum absolute atomic E-state index is 0.257. The van der Waals surface area contributed by atoms with Crippen molar-refractivity contribution < 1.29 is 24.2 Å². The molecule has 0 spiro atoms. The molecule has 1 fully saturated rings. The Bertz CT molecular complexity index is 1060. The van der Waals surface area contributed by atoms with Gasteiger partial charge in [-0.25, -0.2) is 4.79 Å².